The third-order valence-electron chi connectivity index (χ3n) is 3.36. The van der Waals surface area contributed by atoms with Crippen molar-refractivity contribution in [2.75, 3.05) is 16.8 Å². The molecule has 104 valence electrons. The highest BCUT2D eigenvalue weighted by Gasteiger charge is 2.21. The van der Waals surface area contributed by atoms with Crippen LogP contribution in [-0.4, -0.2) is 32.7 Å². The molecule has 1 fully saturated rings. The molecule has 0 spiro atoms. The maximum atomic E-state index is 5.91. The SMILES string of the molecule is CCc1nnc(NC2CCSC2)c(C(N)=S)c1CC. The van der Waals surface area contributed by atoms with Crippen LogP contribution in [-0.2, 0) is 12.8 Å². The van der Waals surface area contributed by atoms with Gasteiger partial charge < -0.3 is 11.1 Å². The summed E-state index contributed by atoms with van der Waals surface area (Å²) in [4.78, 5) is 0.412. The average molecular weight is 296 g/mol. The summed E-state index contributed by atoms with van der Waals surface area (Å²) in [5.74, 6) is 3.06. The molecule has 2 heterocycles. The molecule has 1 aliphatic heterocycles. The van der Waals surface area contributed by atoms with E-state index in [-0.39, 0.29) is 0 Å². The minimum Gasteiger partial charge on any atom is -0.389 e. The zero-order chi connectivity index (χ0) is 13.8. The number of anilines is 1. The molecule has 1 aromatic rings. The summed E-state index contributed by atoms with van der Waals surface area (Å²) < 4.78 is 0. The zero-order valence-corrected chi connectivity index (χ0v) is 13.0. The molecule has 1 saturated heterocycles. The average Bonchev–Trinajstić information content (AvgIpc) is 2.90. The van der Waals surface area contributed by atoms with Gasteiger partial charge in [-0.25, -0.2) is 0 Å². The van der Waals surface area contributed by atoms with Crippen molar-refractivity contribution in [2.24, 2.45) is 5.73 Å². The quantitative estimate of drug-likeness (QED) is 0.812. The summed E-state index contributed by atoms with van der Waals surface area (Å²) in [5, 5.41) is 12.1. The lowest BCUT2D eigenvalue weighted by Crippen LogP contribution is -2.25. The molecule has 0 aliphatic carbocycles. The van der Waals surface area contributed by atoms with E-state index in [0.717, 1.165) is 47.7 Å². The van der Waals surface area contributed by atoms with E-state index in [9.17, 15) is 0 Å². The molecule has 1 unspecified atom stereocenters. The van der Waals surface area contributed by atoms with E-state index >= 15 is 0 Å². The Labute approximate surface area is 123 Å². The number of rotatable bonds is 5. The number of hydrogen-bond acceptors (Lipinski definition) is 5. The molecule has 1 aliphatic rings. The van der Waals surface area contributed by atoms with E-state index in [1.165, 1.54) is 5.75 Å². The summed E-state index contributed by atoms with van der Waals surface area (Å²) in [6, 6.07) is 0.449. The highest BCUT2D eigenvalue weighted by molar-refractivity contribution is 7.99. The van der Waals surface area contributed by atoms with E-state index in [0.29, 0.717) is 11.0 Å². The van der Waals surface area contributed by atoms with Crippen molar-refractivity contribution < 1.29 is 0 Å². The van der Waals surface area contributed by atoms with Crippen molar-refractivity contribution in [2.45, 2.75) is 39.2 Å². The second-order valence-electron chi connectivity index (χ2n) is 4.63. The molecule has 0 amide bonds. The van der Waals surface area contributed by atoms with Crippen LogP contribution in [0, 0.1) is 0 Å². The third kappa shape index (κ3) is 3.17. The maximum absolute atomic E-state index is 5.91. The molecule has 19 heavy (non-hydrogen) atoms. The van der Waals surface area contributed by atoms with Crippen LogP contribution in [0.3, 0.4) is 0 Å². The van der Waals surface area contributed by atoms with Crippen LogP contribution in [0.1, 0.15) is 37.1 Å². The van der Waals surface area contributed by atoms with E-state index in [1.807, 2.05) is 11.8 Å². The van der Waals surface area contributed by atoms with Gasteiger partial charge in [0.05, 0.1) is 11.3 Å². The summed E-state index contributed by atoms with van der Waals surface area (Å²) in [7, 11) is 0. The highest BCUT2D eigenvalue weighted by Crippen LogP contribution is 2.25. The lowest BCUT2D eigenvalue weighted by molar-refractivity contribution is 0.789. The van der Waals surface area contributed by atoms with Gasteiger partial charge in [0.25, 0.3) is 0 Å². The van der Waals surface area contributed by atoms with Gasteiger partial charge in [0.2, 0.25) is 0 Å². The van der Waals surface area contributed by atoms with Crippen LogP contribution in [0.15, 0.2) is 0 Å². The predicted octanol–water partition coefficient (Wildman–Crippen LogP) is 2.15. The van der Waals surface area contributed by atoms with E-state index in [1.54, 1.807) is 0 Å². The second kappa shape index (κ2) is 6.52. The molecule has 0 bridgehead atoms. The Hall–Kier alpha value is -0.880. The Morgan fingerprint density at radius 1 is 1.42 bits per heavy atom. The van der Waals surface area contributed by atoms with Gasteiger partial charge >= 0.3 is 0 Å². The Morgan fingerprint density at radius 3 is 2.74 bits per heavy atom. The fourth-order valence-electron chi connectivity index (χ4n) is 2.38. The largest absolute Gasteiger partial charge is 0.389 e. The number of thioether (sulfide) groups is 1. The number of hydrogen-bond donors (Lipinski definition) is 2. The van der Waals surface area contributed by atoms with Crippen LogP contribution >= 0.6 is 24.0 Å². The number of nitrogens with one attached hydrogen (secondary N) is 1. The first-order chi connectivity index (χ1) is 9.17. The summed E-state index contributed by atoms with van der Waals surface area (Å²) >= 11 is 7.18. The molecular weight excluding hydrogens is 276 g/mol. The van der Waals surface area contributed by atoms with Gasteiger partial charge in [-0.15, -0.1) is 5.10 Å². The van der Waals surface area contributed by atoms with Gasteiger partial charge in [-0.1, -0.05) is 26.1 Å². The second-order valence-corrected chi connectivity index (χ2v) is 6.21. The predicted molar refractivity (Wildman–Crippen MR) is 86.0 cm³/mol. The van der Waals surface area contributed by atoms with Crippen molar-refractivity contribution in [1.29, 1.82) is 0 Å². The normalized spacial score (nSPS) is 18.5. The van der Waals surface area contributed by atoms with Crippen molar-refractivity contribution in [3.8, 4) is 0 Å². The molecular formula is C13H20N4S2. The summed E-state index contributed by atoms with van der Waals surface area (Å²) in [6.07, 6.45) is 2.88. The van der Waals surface area contributed by atoms with Crippen molar-refractivity contribution in [1.82, 2.24) is 10.2 Å². The first-order valence-electron chi connectivity index (χ1n) is 6.69. The van der Waals surface area contributed by atoms with Gasteiger partial charge in [-0.2, -0.15) is 16.9 Å². The fraction of sp³-hybridized carbons (Fsp3) is 0.615. The molecule has 0 radical (unpaired) electrons. The maximum Gasteiger partial charge on any atom is 0.159 e. The first kappa shape index (κ1) is 14.5. The Kier molecular flexibility index (Phi) is 4.99. The van der Waals surface area contributed by atoms with Crippen molar-refractivity contribution >= 4 is 34.8 Å². The van der Waals surface area contributed by atoms with Gasteiger partial charge in [0.15, 0.2) is 5.82 Å². The lowest BCUT2D eigenvalue weighted by Gasteiger charge is -2.18. The first-order valence-corrected chi connectivity index (χ1v) is 8.26. The molecule has 6 heteroatoms. The van der Waals surface area contributed by atoms with Crippen LogP contribution in [0.2, 0.25) is 0 Å². The van der Waals surface area contributed by atoms with E-state index in [2.05, 4.69) is 29.4 Å². The van der Waals surface area contributed by atoms with Crippen molar-refractivity contribution in [3.05, 3.63) is 16.8 Å². The highest BCUT2D eigenvalue weighted by atomic mass is 32.2. The molecule has 1 atom stereocenters. The Balaban J connectivity index is 2.38. The summed E-state index contributed by atoms with van der Waals surface area (Å²) in [6.45, 7) is 4.18. The Bertz CT molecular complexity index is 470. The number of thiocarbonyl (C=S) groups is 1. The van der Waals surface area contributed by atoms with E-state index < -0.39 is 0 Å². The smallest absolute Gasteiger partial charge is 0.159 e. The van der Waals surface area contributed by atoms with Gasteiger partial charge in [0.1, 0.15) is 4.99 Å². The molecule has 0 saturated carbocycles. The van der Waals surface area contributed by atoms with Gasteiger partial charge in [0, 0.05) is 11.8 Å². The molecule has 2 rings (SSSR count). The Morgan fingerprint density at radius 2 is 2.21 bits per heavy atom. The number of aryl methyl sites for hydroxylation is 1. The number of aromatic nitrogens is 2. The van der Waals surface area contributed by atoms with Crippen LogP contribution in [0.5, 0.6) is 0 Å². The minimum absolute atomic E-state index is 0.412. The number of nitrogens with two attached hydrogens (primary N) is 1. The fourth-order valence-corrected chi connectivity index (χ4v) is 3.75. The molecule has 4 nitrogen and oxygen atoms in total. The van der Waals surface area contributed by atoms with Gasteiger partial charge in [-0.3, -0.25) is 0 Å². The topological polar surface area (TPSA) is 63.8 Å². The molecule has 1 aromatic heterocycles. The monoisotopic (exact) mass is 296 g/mol. The standard InChI is InChI=1S/C13H20N4S2/c1-3-9-10(4-2)16-17-13(11(9)12(14)18)15-8-5-6-19-7-8/h8H,3-7H2,1-2H3,(H2,14,18)(H,15,17). The van der Waals surface area contributed by atoms with Crippen LogP contribution < -0.4 is 11.1 Å². The van der Waals surface area contributed by atoms with Crippen LogP contribution in [0.25, 0.3) is 0 Å². The summed E-state index contributed by atoms with van der Waals surface area (Å²) in [5.41, 5.74) is 8.93. The minimum atomic E-state index is 0.412. The lowest BCUT2D eigenvalue weighted by atomic mass is 10.0. The number of nitrogens with zero attached hydrogens (tertiary/aromatic N) is 2. The van der Waals surface area contributed by atoms with Crippen LogP contribution in [0.4, 0.5) is 5.82 Å². The van der Waals surface area contributed by atoms with Gasteiger partial charge in [-0.05, 0) is 30.6 Å². The molecule has 3 N–H and O–H groups in total. The zero-order valence-electron chi connectivity index (χ0n) is 11.4. The van der Waals surface area contributed by atoms with E-state index in [4.69, 9.17) is 18.0 Å². The molecule has 0 aromatic carbocycles. The third-order valence-corrected chi connectivity index (χ3v) is 4.73. The van der Waals surface area contributed by atoms with Crippen molar-refractivity contribution in [3.63, 3.8) is 0 Å².